The minimum atomic E-state index is 0.523. The van der Waals surface area contributed by atoms with Crippen molar-refractivity contribution in [2.45, 2.75) is 0 Å². The number of hydrogen-bond acceptors (Lipinski definition) is 2. The molecule has 0 unspecified atom stereocenters. The van der Waals surface area contributed by atoms with Crippen LogP contribution >= 0.6 is 0 Å². The second kappa shape index (κ2) is 10.9. The quantitative estimate of drug-likeness (QED) is 0.199. The van der Waals surface area contributed by atoms with Crippen LogP contribution < -0.4 is 0 Å². The Kier molecular flexibility index (Phi) is 6.22. The molecule has 222 valence electrons. The molecule has 4 nitrogen and oxygen atoms in total. The van der Waals surface area contributed by atoms with E-state index in [1.54, 1.807) is 12.1 Å². The Hall–Kier alpha value is -6.88. The lowest BCUT2D eigenvalue weighted by Gasteiger charge is -2.17. The summed E-state index contributed by atoms with van der Waals surface area (Å²) in [5.41, 5.74) is 11.5. The lowest BCUT2D eigenvalue weighted by Crippen LogP contribution is -1.99. The summed E-state index contributed by atoms with van der Waals surface area (Å²) in [5, 5.41) is 24.4. The van der Waals surface area contributed by atoms with Crippen LogP contribution in [-0.4, -0.2) is 9.13 Å². The zero-order chi connectivity index (χ0) is 32.2. The van der Waals surface area contributed by atoms with E-state index in [0.717, 1.165) is 44.7 Å². The van der Waals surface area contributed by atoms with Gasteiger partial charge in [-0.2, -0.15) is 10.5 Å². The molecule has 0 fully saturated rings. The van der Waals surface area contributed by atoms with Gasteiger partial charge < -0.3 is 9.13 Å². The SMILES string of the molecule is N#Cc1ccc(C#N)c(-c2ccc(-n3c4ccccc4c4c3ccc3c5ccccc5n(-c5ccccc5)c34)c(-c3ccccc3)c2)c1. The van der Waals surface area contributed by atoms with Crippen LogP contribution in [0.2, 0.25) is 0 Å². The molecule has 4 heteroatoms. The highest BCUT2D eigenvalue weighted by molar-refractivity contribution is 6.26. The first-order valence-electron chi connectivity index (χ1n) is 15.9. The van der Waals surface area contributed by atoms with Gasteiger partial charge in [0, 0.05) is 38.4 Å². The van der Waals surface area contributed by atoms with Crippen LogP contribution in [0, 0.1) is 22.7 Å². The largest absolute Gasteiger partial charge is 0.309 e. The van der Waals surface area contributed by atoms with Gasteiger partial charge in [-0.1, -0.05) is 97.1 Å². The molecule has 0 saturated carbocycles. The van der Waals surface area contributed by atoms with Crippen LogP contribution in [0.4, 0.5) is 0 Å². The van der Waals surface area contributed by atoms with Crippen molar-refractivity contribution < 1.29 is 0 Å². The molecule has 48 heavy (non-hydrogen) atoms. The molecule has 0 aliphatic heterocycles. The third-order valence-electron chi connectivity index (χ3n) is 9.39. The first kappa shape index (κ1) is 27.4. The molecular formula is C44H26N4. The fourth-order valence-corrected chi connectivity index (χ4v) is 7.31. The van der Waals surface area contributed by atoms with Crippen LogP contribution in [0.25, 0.3) is 77.2 Å². The average molecular weight is 611 g/mol. The van der Waals surface area contributed by atoms with E-state index >= 15 is 0 Å². The second-order valence-corrected chi connectivity index (χ2v) is 12.0. The maximum absolute atomic E-state index is 9.98. The lowest BCUT2D eigenvalue weighted by atomic mass is 9.93. The summed E-state index contributed by atoms with van der Waals surface area (Å²) < 4.78 is 4.77. The molecule has 0 radical (unpaired) electrons. The topological polar surface area (TPSA) is 57.4 Å². The Labute approximate surface area is 277 Å². The highest BCUT2D eigenvalue weighted by Gasteiger charge is 2.22. The van der Waals surface area contributed by atoms with Gasteiger partial charge in [0.1, 0.15) is 0 Å². The highest BCUT2D eigenvalue weighted by atomic mass is 15.0. The number of hydrogen-bond donors (Lipinski definition) is 0. The van der Waals surface area contributed by atoms with E-state index in [9.17, 15) is 10.5 Å². The Morgan fingerprint density at radius 2 is 1.12 bits per heavy atom. The van der Waals surface area contributed by atoms with Gasteiger partial charge >= 0.3 is 0 Å². The molecule has 0 aliphatic rings. The van der Waals surface area contributed by atoms with Gasteiger partial charge in [0.15, 0.2) is 0 Å². The van der Waals surface area contributed by atoms with Crippen molar-refractivity contribution in [1.82, 2.24) is 9.13 Å². The fraction of sp³-hybridized carbons (Fsp3) is 0. The Bertz CT molecular complexity index is 2790. The van der Waals surface area contributed by atoms with Crippen molar-refractivity contribution in [3.05, 3.63) is 169 Å². The lowest BCUT2D eigenvalue weighted by molar-refractivity contribution is 1.17. The second-order valence-electron chi connectivity index (χ2n) is 12.0. The molecule has 0 atom stereocenters. The monoisotopic (exact) mass is 610 g/mol. The number of aromatic nitrogens is 2. The third-order valence-corrected chi connectivity index (χ3v) is 9.39. The van der Waals surface area contributed by atoms with Crippen LogP contribution in [0.3, 0.4) is 0 Å². The maximum atomic E-state index is 9.98. The summed E-state index contributed by atoms with van der Waals surface area (Å²) >= 11 is 0. The van der Waals surface area contributed by atoms with Crippen molar-refractivity contribution in [1.29, 1.82) is 10.5 Å². The molecule has 0 aliphatic carbocycles. The van der Waals surface area contributed by atoms with Crippen LogP contribution in [0.5, 0.6) is 0 Å². The van der Waals surface area contributed by atoms with E-state index in [-0.39, 0.29) is 0 Å². The van der Waals surface area contributed by atoms with Crippen molar-refractivity contribution in [2.75, 3.05) is 0 Å². The van der Waals surface area contributed by atoms with Gasteiger partial charge in [0.2, 0.25) is 0 Å². The number of nitriles is 2. The first-order valence-corrected chi connectivity index (χ1v) is 15.9. The number of nitrogens with zero attached hydrogens (tertiary/aromatic N) is 4. The predicted molar refractivity (Wildman–Crippen MR) is 195 cm³/mol. The normalized spacial score (nSPS) is 11.3. The minimum Gasteiger partial charge on any atom is -0.309 e. The summed E-state index contributed by atoms with van der Waals surface area (Å²) in [6.07, 6.45) is 0. The molecule has 9 aromatic rings. The molecule has 0 saturated heterocycles. The van der Waals surface area contributed by atoms with Gasteiger partial charge in [0.05, 0.1) is 51.0 Å². The molecule has 0 amide bonds. The zero-order valence-corrected chi connectivity index (χ0v) is 25.8. The Balaban J connectivity index is 1.41. The van der Waals surface area contributed by atoms with Gasteiger partial charge in [-0.3, -0.25) is 0 Å². The number of para-hydroxylation sites is 3. The van der Waals surface area contributed by atoms with E-state index in [1.165, 1.54) is 32.6 Å². The van der Waals surface area contributed by atoms with Crippen molar-refractivity contribution in [3.8, 4) is 45.8 Å². The summed E-state index contributed by atoms with van der Waals surface area (Å²) in [5.74, 6) is 0. The molecule has 2 aromatic heterocycles. The van der Waals surface area contributed by atoms with Crippen molar-refractivity contribution in [3.63, 3.8) is 0 Å². The molecule has 0 spiro atoms. The minimum absolute atomic E-state index is 0.523. The van der Waals surface area contributed by atoms with Crippen LogP contribution in [0.15, 0.2) is 158 Å². The van der Waals surface area contributed by atoms with Gasteiger partial charge in [0.25, 0.3) is 0 Å². The summed E-state index contributed by atoms with van der Waals surface area (Å²) in [6, 6.07) is 58.9. The van der Waals surface area contributed by atoms with Gasteiger partial charge in [-0.25, -0.2) is 0 Å². The molecule has 0 N–H and O–H groups in total. The Morgan fingerprint density at radius 1 is 0.438 bits per heavy atom. The van der Waals surface area contributed by atoms with Gasteiger partial charge in [-0.05, 0) is 71.8 Å². The summed E-state index contributed by atoms with van der Waals surface area (Å²) in [4.78, 5) is 0. The Morgan fingerprint density at radius 3 is 1.88 bits per heavy atom. The van der Waals surface area contributed by atoms with Crippen molar-refractivity contribution >= 4 is 43.6 Å². The van der Waals surface area contributed by atoms with E-state index in [2.05, 4.69) is 155 Å². The van der Waals surface area contributed by atoms with Crippen molar-refractivity contribution in [2.24, 2.45) is 0 Å². The smallest absolute Gasteiger partial charge is 0.0998 e. The van der Waals surface area contributed by atoms with Crippen LogP contribution in [-0.2, 0) is 0 Å². The van der Waals surface area contributed by atoms with E-state index in [1.807, 2.05) is 12.1 Å². The first-order chi connectivity index (χ1) is 23.7. The summed E-state index contributed by atoms with van der Waals surface area (Å²) in [6.45, 7) is 0. The molecular weight excluding hydrogens is 585 g/mol. The van der Waals surface area contributed by atoms with Crippen LogP contribution in [0.1, 0.15) is 11.1 Å². The standard InChI is InChI=1S/C44H26N4/c45-27-29-19-20-32(28-46)37(25-29)31-21-23-41(38(26-31)30-11-3-1-4-12-30)48-40-18-10-8-16-36(40)43-42(48)24-22-35-34-15-7-9-17-39(34)47(44(35)43)33-13-5-2-6-14-33/h1-26H. The molecule has 7 aromatic carbocycles. The summed E-state index contributed by atoms with van der Waals surface area (Å²) in [7, 11) is 0. The fourth-order valence-electron chi connectivity index (χ4n) is 7.31. The van der Waals surface area contributed by atoms with E-state index < -0.39 is 0 Å². The maximum Gasteiger partial charge on any atom is 0.0998 e. The average Bonchev–Trinajstić information content (AvgIpc) is 3.68. The van der Waals surface area contributed by atoms with E-state index in [4.69, 9.17) is 0 Å². The number of rotatable bonds is 4. The van der Waals surface area contributed by atoms with Gasteiger partial charge in [-0.15, -0.1) is 0 Å². The highest BCUT2D eigenvalue weighted by Crippen LogP contribution is 2.44. The molecule has 2 heterocycles. The number of benzene rings is 7. The third kappa shape index (κ3) is 4.07. The molecule has 0 bridgehead atoms. The zero-order valence-electron chi connectivity index (χ0n) is 25.8. The predicted octanol–water partition coefficient (Wildman–Crippen LogP) is 11.0. The molecule has 9 rings (SSSR count). The number of fused-ring (bicyclic) bond motifs is 7. The van der Waals surface area contributed by atoms with E-state index in [0.29, 0.717) is 11.1 Å².